The Kier molecular flexibility index (Phi) is 7.04. The van der Waals surface area contributed by atoms with Crippen LogP contribution in [0.4, 0.5) is 19.0 Å². The average Bonchev–Trinajstić information content (AvgIpc) is 3.55. The van der Waals surface area contributed by atoms with Crippen LogP contribution in [-0.4, -0.2) is 89.4 Å². The van der Waals surface area contributed by atoms with Gasteiger partial charge in [-0.3, -0.25) is 19.1 Å². The molecule has 3 aromatic rings. The van der Waals surface area contributed by atoms with Crippen molar-refractivity contribution in [1.29, 1.82) is 0 Å². The zero-order valence-corrected chi connectivity index (χ0v) is 20.8. The molecule has 1 aliphatic heterocycles. The molecule has 0 radical (unpaired) electrons. The predicted octanol–water partition coefficient (Wildman–Crippen LogP) is -0.156. The van der Waals surface area contributed by atoms with Gasteiger partial charge in [0.2, 0.25) is 5.82 Å². The number of ether oxygens (including phenoxy) is 1. The number of aromatic nitrogens is 5. The van der Waals surface area contributed by atoms with E-state index in [1.807, 2.05) is 0 Å². The highest BCUT2D eigenvalue weighted by molar-refractivity contribution is 5.94. The lowest BCUT2D eigenvalue weighted by molar-refractivity contribution is -0.141. The first-order valence-electron chi connectivity index (χ1n) is 12.0. The summed E-state index contributed by atoms with van der Waals surface area (Å²) in [6, 6.07) is 1.77. The molecule has 0 bridgehead atoms. The number of nitrogens with two attached hydrogens (primary N) is 1. The number of halogens is 3. The number of aliphatic hydroxyl groups is 2. The number of carbonyl (C=O) groups excluding carboxylic acids is 2. The molecule has 40 heavy (non-hydrogen) atoms. The van der Waals surface area contributed by atoms with E-state index in [0.29, 0.717) is 6.07 Å². The van der Waals surface area contributed by atoms with Crippen LogP contribution in [0.2, 0.25) is 0 Å². The maximum atomic E-state index is 12.7. The maximum absolute atomic E-state index is 12.7. The van der Waals surface area contributed by atoms with Gasteiger partial charge >= 0.3 is 6.18 Å². The molecule has 2 aliphatic rings. The van der Waals surface area contributed by atoms with E-state index in [4.69, 9.17) is 10.5 Å². The molecule has 1 aliphatic carbocycles. The number of aliphatic hydroxyl groups excluding tert-OH is 2. The van der Waals surface area contributed by atoms with E-state index >= 15 is 0 Å². The molecule has 1 saturated carbocycles. The SMILES string of the molecule is CN(CC#Cc1nc(N)c2ncn(C3OC(C(=O)NC4CC4)[C@@H](O)[C@H]3O)c2n1)C(=O)c1ccc(C(F)(F)F)nc1. The average molecular weight is 560 g/mol. The Labute approximate surface area is 224 Å². The number of pyridine rings is 1. The third kappa shape index (κ3) is 5.39. The lowest BCUT2D eigenvalue weighted by Gasteiger charge is -2.16. The molecule has 3 aromatic heterocycles. The van der Waals surface area contributed by atoms with Crippen molar-refractivity contribution in [3.8, 4) is 11.8 Å². The Morgan fingerprint density at radius 1 is 1.23 bits per heavy atom. The second-order valence-corrected chi connectivity index (χ2v) is 9.36. The van der Waals surface area contributed by atoms with Gasteiger partial charge in [-0.15, -0.1) is 0 Å². The van der Waals surface area contributed by atoms with Crippen molar-refractivity contribution in [3.63, 3.8) is 0 Å². The lowest BCUT2D eigenvalue weighted by Crippen LogP contribution is -2.43. The van der Waals surface area contributed by atoms with Gasteiger partial charge in [0.05, 0.1) is 18.4 Å². The van der Waals surface area contributed by atoms with Crippen LogP contribution in [0.5, 0.6) is 0 Å². The number of hydrogen-bond acceptors (Lipinski definition) is 10. The van der Waals surface area contributed by atoms with Crippen LogP contribution in [0.3, 0.4) is 0 Å². The third-order valence-electron chi connectivity index (χ3n) is 6.31. The number of nitrogen functional groups attached to an aromatic ring is 1. The largest absolute Gasteiger partial charge is 0.433 e. The van der Waals surface area contributed by atoms with Gasteiger partial charge in [0.15, 0.2) is 23.8 Å². The number of carbonyl (C=O) groups is 2. The van der Waals surface area contributed by atoms with Crippen LogP contribution in [0.25, 0.3) is 11.2 Å². The monoisotopic (exact) mass is 560 g/mol. The summed E-state index contributed by atoms with van der Waals surface area (Å²) in [6.45, 7) is -0.130. The molecule has 13 nitrogen and oxygen atoms in total. The summed E-state index contributed by atoms with van der Waals surface area (Å²) in [6.07, 6.45) is -6.30. The first-order valence-corrected chi connectivity index (χ1v) is 12.0. The highest BCUT2D eigenvalue weighted by atomic mass is 19.4. The third-order valence-corrected chi connectivity index (χ3v) is 6.31. The fourth-order valence-corrected chi connectivity index (χ4v) is 4.01. The number of imidazole rings is 1. The van der Waals surface area contributed by atoms with Crippen LogP contribution < -0.4 is 11.1 Å². The Hall–Kier alpha value is -4.33. The molecular weight excluding hydrogens is 537 g/mol. The Balaban J connectivity index is 1.31. The Bertz CT molecular complexity index is 1510. The van der Waals surface area contributed by atoms with Crippen molar-refractivity contribution in [2.24, 2.45) is 0 Å². The number of fused-ring (bicyclic) bond motifs is 1. The second-order valence-electron chi connectivity index (χ2n) is 9.36. The first kappa shape index (κ1) is 27.2. The molecule has 4 atom stereocenters. The number of amides is 2. The number of nitrogens with zero attached hydrogens (tertiary/aromatic N) is 6. The number of nitrogens with one attached hydrogen (secondary N) is 1. The molecule has 2 amide bonds. The molecule has 0 aromatic carbocycles. The summed E-state index contributed by atoms with van der Waals surface area (Å²) in [4.78, 5) is 41.9. The first-order chi connectivity index (χ1) is 18.9. The normalized spacial score (nSPS) is 22.6. The molecule has 16 heteroatoms. The lowest BCUT2D eigenvalue weighted by atomic mass is 10.1. The van der Waals surface area contributed by atoms with Crippen LogP contribution >= 0.6 is 0 Å². The fraction of sp³-hybridized carbons (Fsp3) is 0.417. The summed E-state index contributed by atoms with van der Waals surface area (Å²) < 4.78 is 45.1. The highest BCUT2D eigenvalue weighted by Gasteiger charge is 2.48. The summed E-state index contributed by atoms with van der Waals surface area (Å²) in [5.41, 5.74) is 5.13. The van der Waals surface area contributed by atoms with E-state index in [0.717, 1.165) is 25.1 Å². The minimum atomic E-state index is -4.62. The van der Waals surface area contributed by atoms with E-state index < -0.39 is 48.2 Å². The van der Waals surface area contributed by atoms with Crippen molar-refractivity contribution >= 4 is 28.8 Å². The fourth-order valence-electron chi connectivity index (χ4n) is 4.01. The van der Waals surface area contributed by atoms with E-state index in [2.05, 4.69) is 37.1 Å². The highest BCUT2D eigenvalue weighted by Crippen LogP contribution is 2.33. The quantitative estimate of drug-likeness (QED) is 0.306. The van der Waals surface area contributed by atoms with Crippen molar-refractivity contribution in [2.75, 3.05) is 19.3 Å². The van der Waals surface area contributed by atoms with E-state index in [1.54, 1.807) is 0 Å². The molecule has 2 unspecified atom stereocenters. The van der Waals surface area contributed by atoms with Gasteiger partial charge in [-0.2, -0.15) is 13.2 Å². The topological polar surface area (TPSA) is 182 Å². The maximum Gasteiger partial charge on any atom is 0.433 e. The summed E-state index contributed by atoms with van der Waals surface area (Å²) >= 11 is 0. The number of alkyl halides is 3. The van der Waals surface area contributed by atoms with Gasteiger partial charge in [-0.1, -0.05) is 5.92 Å². The second kappa shape index (κ2) is 10.3. The number of anilines is 1. The number of rotatable bonds is 5. The van der Waals surface area contributed by atoms with Crippen LogP contribution in [0, 0.1) is 11.8 Å². The van der Waals surface area contributed by atoms with Gasteiger partial charge in [-0.25, -0.2) is 15.0 Å². The summed E-state index contributed by atoms with van der Waals surface area (Å²) in [7, 11) is 1.40. The predicted molar refractivity (Wildman–Crippen MR) is 130 cm³/mol. The summed E-state index contributed by atoms with van der Waals surface area (Å²) in [5, 5.41) is 23.7. The Morgan fingerprint density at radius 3 is 2.62 bits per heavy atom. The van der Waals surface area contributed by atoms with Crippen LogP contribution in [0.15, 0.2) is 24.7 Å². The standard InChI is InChI=1S/C24H23F3N8O5/c1-34(22(39)11-4-7-13(29-9-11)24(25,26)27)8-2-3-14-32-19(28)15-20(33-14)35(10-30-15)23-17(37)16(36)18(40-23)21(38)31-12-5-6-12/h4,7,9-10,12,16-18,23,36-37H,5-6,8H2,1H3,(H,31,38)(H2,28,32,33)/t16-,17+,18?,23?/m0/s1. The molecule has 5 N–H and O–H groups in total. The summed E-state index contributed by atoms with van der Waals surface area (Å²) in [5.74, 6) is 4.12. The zero-order chi connectivity index (χ0) is 28.8. The molecule has 4 heterocycles. The molecular formula is C24H23F3N8O5. The van der Waals surface area contributed by atoms with Gasteiger partial charge in [0.25, 0.3) is 11.8 Å². The minimum absolute atomic E-state index is 0.0307. The van der Waals surface area contributed by atoms with Crippen molar-refractivity contribution in [3.05, 3.63) is 41.7 Å². The smallest absolute Gasteiger partial charge is 0.387 e. The van der Waals surface area contributed by atoms with E-state index in [9.17, 15) is 33.0 Å². The molecule has 0 spiro atoms. The van der Waals surface area contributed by atoms with Gasteiger partial charge in [0, 0.05) is 19.3 Å². The number of hydrogen-bond donors (Lipinski definition) is 4. The minimum Gasteiger partial charge on any atom is -0.387 e. The van der Waals surface area contributed by atoms with Gasteiger partial charge in [0.1, 0.15) is 23.4 Å². The Morgan fingerprint density at radius 2 is 1.98 bits per heavy atom. The van der Waals surface area contributed by atoms with Gasteiger partial charge in [-0.05, 0) is 30.9 Å². The zero-order valence-electron chi connectivity index (χ0n) is 20.8. The van der Waals surface area contributed by atoms with Gasteiger partial charge < -0.3 is 30.9 Å². The molecule has 210 valence electrons. The molecule has 2 fully saturated rings. The van der Waals surface area contributed by atoms with Crippen LogP contribution in [-0.2, 0) is 15.7 Å². The van der Waals surface area contributed by atoms with Crippen molar-refractivity contribution in [1.82, 2.24) is 34.7 Å². The molecule has 5 rings (SSSR count). The van der Waals surface area contributed by atoms with Crippen molar-refractivity contribution < 1.29 is 37.7 Å². The van der Waals surface area contributed by atoms with Crippen molar-refractivity contribution in [2.45, 2.75) is 49.6 Å². The van der Waals surface area contributed by atoms with Crippen LogP contribution in [0.1, 0.15) is 40.9 Å². The van der Waals surface area contributed by atoms with E-state index in [1.165, 1.54) is 22.8 Å². The van der Waals surface area contributed by atoms with E-state index in [-0.39, 0.29) is 41.0 Å². The molecule has 1 saturated heterocycles.